The Morgan fingerprint density at radius 2 is 2.05 bits per heavy atom. The number of rotatable bonds is 6. The van der Waals surface area contributed by atoms with E-state index >= 15 is 0 Å². The third-order valence-corrected chi connectivity index (χ3v) is 3.33. The summed E-state index contributed by atoms with van der Waals surface area (Å²) in [6.45, 7) is 0.533. The molecule has 0 heterocycles. The Morgan fingerprint density at radius 1 is 1.42 bits per heavy atom. The molecule has 0 atom stereocenters. The topological polar surface area (TPSA) is 46.5 Å². The Hall–Kier alpha value is -1.25. The van der Waals surface area contributed by atoms with Crippen LogP contribution >= 0.6 is 31.9 Å². The molecule has 1 aromatic carbocycles. The van der Waals surface area contributed by atoms with Crippen molar-refractivity contribution in [3.8, 4) is 18.1 Å². The molecule has 1 aromatic rings. The molecule has 0 aliphatic carbocycles. The molecule has 1 N–H and O–H groups in total. The summed E-state index contributed by atoms with van der Waals surface area (Å²) in [5.41, 5.74) is 0.761. The van der Waals surface area contributed by atoms with Crippen molar-refractivity contribution in [2.45, 2.75) is 12.8 Å². The second-order valence-electron chi connectivity index (χ2n) is 3.64. The highest BCUT2D eigenvalue weighted by atomic mass is 79.9. The van der Waals surface area contributed by atoms with Crippen molar-refractivity contribution in [1.29, 1.82) is 0 Å². The molecule has 0 radical (unpaired) electrons. The first-order valence-electron chi connectivity index (χ1n) is 5.51. The number of ether oxygens (including phenoxy) is 1. The summed E-state index contributed by atoms with van der Waals surface area (Å²) >= 11 is 6.80. The van der Waals surface area contributed by atoms with Crippen molar-refractivity contribution in [2.75, 3.05) is 6.61 Å². The zero-order valence-corrected chi connectivity index (χ0v) is 13.2. The van der Waals surface area contributed by atoms with Gasteiger partial charge in [0.25, 0.3) is 0 Å². The van der Waals surface area contributed by atoms with E-state index in [2.05, 4.69) is 37.8 Å². The zero-order valence-electron chi connectivity index (χ0n) is 10.0. The summed E-state index contributed by atoms with van der Waals surface area (Å²) < 4.78 is 7.13. The van der Waals surface area contributed by atoms with Crippen molar-refractivity contribution in [2.24, 2.45) is 0 Å². The fourth-order valence-electron chi connectivity index (χ4n) is 1.33. The lowest BCUT2D eigenvalue weighted by Crippen LogP contribution is -1.98. The molecule has 19 heavy (non-hydrogen) atoms. The third kappa shape index (κ3) is 5.50. The average Bonchev–Trinajstić information content (AvgIpc) is 2.34. The van der Waals surface area contributed by atoms with Gasteiger partial charge in [0.1, 0.15) is 5.75 Å². The molecule has 0 bridgehead atoms. The van der Waals surface area contributed by atoms with E-state index in [9.17, 15) is 4.79 Å². The van der Waals surface area contributed by atoms with Gasteiger partial charge in [0, 0.05) is 12.5 Å². The quantitative estimate of drug-likeness (QED) is 0.454. The predicted octanol–water partition coefficient (Wildman–Crippen LogP) is 4.10. The normalized spacial score (nSPS) is 10.4. The fourth-order valence-corrected chi connectivity index (χ4v) is 2.78. The Balaban J connectivity index is 2.80. The number of carboxylic acid groups (broad SMARTS) is 1. The number of unbranched alkanes of at least 4 members (excludes halogenated alkanes) is 1. The number of terminal acetylenes is 1. The van der Waals surface area contributed by atoms with E-state index in [1.54, 1.807) is 12.1 Å². The predicted molar refractivity (Wildman–Crippen MR) is 82.1 cm³/mol. The first-order chi connectivity index (χ1) is 9.04. The first kappa shape index (κ1) is 15.8. The van der Waals surface area contributed by atoms with Crippen LogP contribution in [0.2, 0.25) is 0 Å². The Labute approximate surface area is 128 Å². The summed E-state index contributed by atoms with van der Waals surface area (Å²) in [4.78, 5) is 10.5. The number of aliphatic carboxylic acids is 1. The van der Waals surface area contributed by atoms with Crippen LogP contribution in [0.3, 0.4) is 0 Å². The van der Waals surface area contributed by atoms with Crippen LogP contribution in [0, 0.1) is 12.3 Å². The number of halogens is 2. The van der Waals surface area contributed by atoms with Crippen LogP contribution in [-0.2, 0) is 4.79 Å². The lowest BCUT2D eigenvalue weighted by Gasteiger charge is -2.10. The van der Waals surface area contributed by atoms with Crippen LogP contribution in [0.4, 0.5) is 0 Å². The summed E-state index contributed by atoms with van der Waals surface area (Å²) in [5, 5.41) is 8.58. The zero-order chi connectivity index (χ0) is 14.3. The Morgan fingerprint density at radius 3 is 2.58 bits per heavy atom. The van der Waals surface area contributed by atoms with Gasteiger partial charge in [-0.25, -0.2) is 4.79 Å². The molecule has 100 valence electrons. The SMILES string of the molecule is C#CCCCOc1c(Br)cc(/C=C/C(=O)O)cc1Br. The lowest BCUT2D eigenvalue weighted by molar-refractivity contribution is -0.131. The van der Waals surface area contributed by atoms with E-state index in [0.29, 0.717) is 18.8 Å². The van der Waals surface area contributed by atoms with E-state index < -0.39 is 5.97 Å². The molecule has 1 rings (SSSR count). The molecule has 0 aliphatic heterocycles. The summed E-state index contributed by atoms with van der Waals surface area (Å²) in [5.74, 6) is 2.25. The number of benzene rings is 1. The van der Waals surface area contributed by atoms with Gasteiger partial charge in [-0.15, -0.1) is 12.3 Å². The number of carbonyl (C=O) groups is 1. The molecule has 5 heteroatoms. The van der Waals surface area contributed by atoms with Gasteiger partial charge in [0.05, 0.1) is 15.6 Å². The molecule has 0 amide bonds. The van der Waals surface area contributed by atoms with Crippen LogP contribution in [-0.4, -0.2) is 17.7 Å². The van der Waals surface area contributed by atoms with Crippen LogP contribution in [0.1, 0.15) is 18.4 Å². The van der Waals surface area contributed by atoms with E-state index in [1.807, 2.05) is 0 Å². The van der Waals surface area contributed by atoms with Crippen molar-refractivity contribution in [3.63, 3.8) is 0 Å². The van der Waals surface area contributed by atoms with Gasteiger partial charge in [-0.1, -0.05) is 0 Å². The molecular formula is C14H12Br2O3. The van der Waals surface area contributed by atoms with Crippen molar-refractivity contribution in [3.05, 3.63) is 32.7 Å². The number of hydrogen-bond donors (Lipinski definition) is 1. The maximum atomic E-state index is 10.5. The minimum atomic E-state index is -0.984. The first-order valence-corrected chi connectivity index (χ1v) is 7.09. The van der Waals surface area contributed by atoms with Crippen molar-refractivity contribution in [1.82, 2.24) is 0 Å². The maximum Gasteiger partial charge on any atom is 0.328 e. The van der Waals surface area contributed by atoms with Crippen molar-refractivity contribution >= 4 is 43.9 Å². The number of carboxylic acids is 1. The molecule has 0 aromatic heterocycles. The standard InChI is InChI=1S/C14H12Br2O3/c1-2-3-4-7-19-14-11(15)8-10(9-12(14)16)5-6-13(17)18/h1,5-6,8-9H,3-4,7H2,(H,17,18)/b6-5+. The third-order valence-electron chi connectivity index (χ3n) is 2.15. The highest BCUT2D eigenvalue weighted by Gasteiger charge is 2.08. The minimum absolute atomic E-state index is 0.533. The average molecular weight is 388 g/mol. The number of hydrogen-bond acceptors (Lipinski definition) is 2. The second-order valence-corrected chi connectivity index (χ2v) is 5.35. The van der Waals surface area contributed by atoms with Gasteiger partial charge < -0.3 is 9.84 Å². The van der Waals surface area contributed by atoms with Crippen LogP contribution in [0.15, 0.2) is 27.2 Å². The van der Waals surface area contributed by atoms with Crippen LogP contribution in [0.5, 0.6) is 5.75 Å². The summed E-state index contributed by atoms with van der Waals surface area (Å²) in [7, 11) is 0. The molecular weight excluding hydrogens is 376 g/mol. The summed E-state index contributed by atoms with van der Waals surface area (Å²) in [6.07, 6.45) is 9.23. The van der Waals surface area contributed by atoms with Crippen molar-refractivity contribution < 1.29 is 14.6 Å². The Kier molecular flexibility index (Phi) is 6.68. The molecule has 0 spiro atoms. The van der Waals surface area contributed by atoms with Gasteiger partial charge in [0.2, 0.25) is 0 Å². The molecule has 0 saturated heterocycles. The van der Waals surface area contributed by atoms with Crippen LogP contribution in [0.25, 0.3) is 6.08 Å². The van der Waals surface area contributed by atoms with Gasteiger partial charge in [0.15, 0.2) is 0 Å². The van der Waals surface area contributed by atoms with E-state index in [4.69, 9.17) is 16.3 Å². The van der Waals surface area contributed by atoms with E-state index in [0.717, 1.165) is 27.0 Å². The van der Waals surface area contributed by atoms with E-state index in [1.165, 1.54) is 6.08 Å². The largest absolute Gasteiger partial charge is 0.491 e. The van der Waals surface area contributed by atoms with Gasteiger partial charge >= 0.3 is 5.97 Å². The van der Waals surface area contributed by atoms with Gasteiger partial charge in [-0.2, -0.15) is 0 Å². The second kappa shape index (κ2) is 8.03. The molecule has 0 fully saturated rings. The highest BCUT2D eigenvalue weighted by Crippen LogP contribution is 2.35. The Bertz CT molecular complexity index is 507. The molecule has 0 aliphatic rings. The minimum Gasteiger partial charge on any atom is -0.491 e. The molecule has 0 saturated carbocycles. The van der Waals surface area contributed by atoms with Gasteiger partial charge in [-0.05, 0) is 62.1 Å². The molecule has 0 unspecified atom stereocenters. The van der Waals surface area contributed by atoms with Gasteiger partial charge in [-0.3, -0.25) is 0 Å². The monoisotopic (exact) mass is 386 g/mol. The summed E-state index contributed by atoms with van der Waals surface area (Å²) in [6, 6.07) is 3.58. The maximum absolute atomic E-state index is 10.5. The molecule has 3 nitrogen and oxygen atoms in total. The van der Waals surface area contributed by atoms with Crippen LogP contribution < -0.4 is 4.74 Å². The smallest absolute Gasteiger partial charge is 0.328 e. The fraction of sp³-hybridized carbons (Fsp3) is 0.214. The lowest BCUT2D eigenvalue weighted by atomic mass is 10.2. The van der Waals surface area contributed by atoms with E-state index in [-0.39, 0.29) is 0 Å². The highest BCUT2D eigenvalue weighted by molar-refractivity contribution is 9.11.